The highest BCUT2D eigenvalue weighted by Gasteiger charge is 2.18. The first-order valence-electron chi connectivity index (χ1n) is 9.35. The van der Waals surface area contributed by atoms with Crippen LogP contribution >= 0.6 is 34.5 Å². The number of nitrogens with one attached hydrogen (secondary N) is 1. The molecule has 1 heterocycles. The minimum atomic E-state index is -0.740. The van der Waals surface area contributed by atoms with Crippen LogP contribution < -0.4 is 10.1 Å². The lowest BCUT2D eigenvalue weighted by Gasteiger charge is -2.14. The van der Waals surface area contributed by atoms with E-state index in [9.17, 15) is 4.79 Å². The monoisotopic (exact) mass is 448 g/mol. The molecule has 1 aromatic heterocycles. The molecule has 0 fully saturated rings. The Morgan fingerprint density at radius 2 is 1.90 bits per heavy atom. The molecule has 0 aliphatic rings. The number of hydrogen-bond acceptors (Lipinski definition) is 4. The molecule has 0 aliphatic carbocycles. The second kappa shape index (κ2) is 9.61. The number of amides is 1. The van der Waals surface area contributed by atoms with Gasteiger partial charge in [-0.25, -0.2) is 4.98 Å². The van der Waals surface area contributed by atoms with Gasteiger partial charge >= 0.3 is 0 Å². The summed E-state index contributed by atoms with van der Waals surface area (Å²) in [6.45, 7) is 6.05. The molecule has 29 heavy (non-hydrogen) atoms. The average molecular weight is 449 g/mol. The Morgan fingerprint density at radius 1 is 1.17 bits per heavy atom. The quantitative estimate of drug-likeness (QED) is 0.421. The third-order valence-electron chi connectivity index (χ3n) is 4.69. The lowest BCUT2D eigenvalue weighted by molar-refractivity contribution is -0.122. The molecule has 152 valence electrons. The summed E-state index contributed by atoms with van der Waals surface area (Å²) in [5, 5.41) is 6.11. The smallest absolute Gasteiger partial charge is 0.266 e. The van der Waals surface area contributed by atoms with Crippen molar-refractivity contribution in [3.8, 4) is 17.0 Å². The van der Waals surface area contributed by atoms with E-state index < -0.39 is 6.10 Å². The van der Waals surface area contributed by atoms with E-state index in [1.807, 2.05) is 5.38 Å². The number of nitrogens with zero attached hydrogens (tertiary/aromatic N) is 1. The van der Waals surface area contributed by atoms with Gasteiger partial charge in [0.05, 0.1) is 10.7 Å². The van der Waals surface area contributed by atoms with Gasteiger partial charge < -0.3 is 4.74 Å². The molecule has 0 radical (unpaired) electrons. The summed E-state index contributed by atoms with van der Waals surface area (Å²) in [5.74, 6) is 0.633. The topological polar surface area (TPSA) is 51.2 Å². The van der Waals surface area contributed by atoms with Crippen molar-refractivity contribution in [2.75, 3.05) is 5.32 Å². The Balaban J connectivity index is 1.63. The van der Waals surface area contributed by atoms with Crippen molar-refractivity contribution >= 4 is 45.6 Å². The molecule has 1 N–H and O–H groups in total. The van der Waals surface area contributed by atoms with Crippen molar-refractivity contribution in [2.45, 2.75) is 39.2 Å². The predicted molar refractivity (Wildman–Crippen MR) is 121 cm³/mol. The maximum absolute atomic E-state index is 12.5. The maximum atomic E-state index is 12.5. The van der Waals surface area contributed by atoms with Crippen LogP contribution in [-0.2, 0) is 4.79 Å². The number of ether oxygens (including phenoxy) is 1. The summed E-state index contributed by atoms with van der Waals surface area (Å²) < 4.78 is 5.65. The van der Waals surface area contributed by atoms with Gasteiger partial charge in [0.25, 0.3) is 5.91 Å². The molecule has 0 spiro atoms. The molecule has 0 aliphatic heterocycles. The van der Waals surface area contributed by atoms with Gasteiger partial charge in [-0.1, -0.05) is 61.3 Å². The number of carbonyl (C=O) groups excluding carboxylic acids is 1. The molecule has 4 nitrogen and oxygen atoms in total. The Labute approximate surface area is 184 Å². The molecule has 0 bridgehead atoms. The van der Waals surface area contributed by atoms with Crippen molar-refractivity contribution in [1.29, 1.82) is 0 Å². The van der Waals surface area contributed by atoms with Gasteiger partial charge in [-0.05, 0) is 43.0 Å². The van der Waals surface area contributed by atoms with Gasteiger partial charge in [0.2, 0.25) is 0 Å². The van der Waals surface area contributed by atoms with Crippen LogP contribution in [0.1, 0.15) is 38.7 Å². The van der Waals surface area contributed by atoms with E-state index in [4.69, 9.17) is 27.9 Å². The predicted octanol–water partition coefficient (Wildman–Crippen LogP) is 7.04. The SMILES string of the molecule is CCC(C)c1ccc(-c2csc(NC(=O)C(C)Oc3ccc(Cl)cc3Cl)n2)cc1. The van der Waals surface area contributed by atoms with Gasteiger partial charge in [-0.3, -0.25) is 10.1 Å². The molecular formula is C22H22Cl2N2O2S. The Morgan fingerprint density at radius 3 is 2.55 bits per heavy atom. The molecule has 3 aromatic rings. The lowest BCUT2D eigenvalue weighted by atomic mass is 9.97. The highest BCUT2D eigenvalue weighted by molar-refractivity contribution is 7.14. The van der Waals surface area contributed by atoms with E-state index >= 15 is 0 Å². The molecule has 1 amide bonds. The van der Waals surface area contributed by atoms with E-state index in [-0.39, 0.29) is 5.91 Å². The highest BCUT2D eigenvalue weighted by Crippen LogP contribution is 2.29. The van der Waals surface area contributed by atoms with E-state index in [0.29, 0.717) is 26.8 Å². The minimum Gasteiger partial charge on any atom is -0.479 e. The summed E-state index contributed by atoms with van der Waals surface area (Å²) in [5.41, 5.74) is 3.16. The number of halogens is 2. The third-order valence-corrected chi connectivity index (χ3v) is 5.98. The summed E-state index contributed by atoms with van der Waals surface area (Å²) in [6, 6.07) is 13.3. The van der Waals surface area contributed by atoms with E-state index in [1.165, 1.54) is 16.9 Å². The zero-order valence-electron chi connectivity index (χ0n) is 16.4. The van der Waals surface area contributed by atoms with Crippen LogP contribution in [0.5, 0.6) is 5.75 Å². The first kappa shape index (κ1) is 21.6. The number of hydrogen-bond donors (Lipinski definition) is 1. The van der Waals surface area contributed by atoms with Crippen LogP contribution in [0.2, 0.25) is 10.0 Å². The summed E-state index contributed by atoms with van der Waals surface area (Å²) in [7, 11) is 0. The van der Waals surface area contributed by atoms with Crippen LogP contribution in [0.25, 0.3) is 11.3 Å². The first-order chi connectivity index (χ1) is 13.9. The summed E-state index contributed by atoms with van der Waals surface area (Å²) >= 11 is 13.4. The minimum absolute atomic E-state index is 0.302. The van der Waals surface area contributed by atoms with Crippen molar-refractivity contribution in [1.82, 2.24) is 4.98 Å². The molecule has 2 unspecified atom stereocenters. The van der Waals surface area contributed by atoms with E-state index in [1.54, 1.807) is 25.1 Å². The summed E-state index contributed by atoms with van der Waals surface area (Å²) in [4.78, 5) is 17.0. The molecule has 0 saturated carbocycles. The Kier molecular flexibility index (Phi) is 7.17. The van der Waals surface area contributed by atoms with Gasteiger partial charge in [0, 0.05) is 16.0 Å². The first-order valence-corrected chi connectivity index (χ1v) is 11.0. The molecule has 3 rings (SSSR count). The van der Waals surface area contributed by atoms with E-state index in [2.05, 4.69) is 48.4 Å². The number of aromatic nitrogens is 1. The fraction of sp³-hybridized carbons (Fsp3) is 0.273. The van der Waals surface area contributed by atoms with Gasteiger partial charge in [-0.15, -0.1) is 11.3 Å². The molecule has 2 aromatic carbocycles. The van der Waals surface area contributed by atoms with Crippen LogP contribution in [-0.4, -0.2) is 17.0 Å². The largest absolute Gasteiger partial charge is 0.479 e. The van der Waals surface area contributed by atoms with Crippen LogP contribution in [0.4, 0.5) is 5.13 Å². The summed E-state index contributed by atoms with van der Waals surface area (Å²) in [6.07, 6.45) is 0.365. The zero-order chi connectivity index (χ0) is 21.0. The van der Waals surface area contributed by atoms with Crippen LogP contribution in [0.15, 0.2) is 47.8 Å². The van der Waals surface area contributed by atoms with Gasteiger partial charge in [-0.2, -0.15) is 0 Å². The van der Waals surface area contributed by atoms with Gasteiger partial charge in [0.15, 0.2) is 11.2 Å². The number of anilines is 1. The van der Waals surface area contributed by atoms with Crippen molar-refractivity contribution in [2.24, 2.45) is 0 Å². The number of thiazole rings is 1. The number of benzene rings is 2. The second-order valence-electron chi connectivity index (χ2n) is 6.79. The van der Waals surface area contributed by atoms with Crippen molar-refractivity contribution in [3.05, 3.63) is 63.5 Å². The molecule has 0 saturated heterocycles. The Hall–Kier alpha value is -2.08. The van der Waals surface area contributed by atoms with Crippen molar-refractivity contribution < 1.29 is 9.53 Å². The number of carbonyl (C=O) groups is 1. The maximum Gasteiger partial charge on any atom is 0.266 e. The van der Waals surface area contributed by atoms with Crippen molar-refractivity contribution in [3.63, 3.8) is 0 Å². The Bertz CT molecular complexity index is 989. The third kappa shape index (κ3) is 5.50. The normalized spacial score (nSPS) is 13.0. The molecule has 2 atom stereocenters. The van der Waals surface area contributed by atoms with Crippen LogP contribution in [0, 0.1) is 0 Å². The number of rotatable bonds is 7. The van der Waals surface area contributed by atoms with Crippen LogP contribution in [0.3, 0.4) is 0 Å². The molecule has 7 heteroatoms. The zero-order valence-corrected chi connectivity index (χ0v) is 18.7. The average Bonchev–Trinajstić information content (AvgIpc) is 3.18. The van der Waals surface area contributed by atoms with E-state index in [0.717, 1.165) is 17.7 Å². The highest BCUT2D eigenvalue weighted by atomic mass is 35.5. The standard InChI is InChI=1S/C22H22Cl2N2O2S/c1-4-13(2)15-5-7-16(8-6-15)19-12-29-22(25-19)26-21(27)14(3)28-20-10-9-17(23)11-18(20)24/h5-14H,4H2,1-3H3,(H,25,26,27). The lowest BCUT2D eigenvalue weighted by Crippen LogP contribution is -2.30. The molecular weight excluding hydrogens is 427 g/mol. The second-order valence-corrected chi connectivity index (χ2v) is 8.50. The fourth-order valence-electron chi connectivity index (χ4n) is 2.70. The van der Waals surface area contributed by atoms with Gasteiger partial charge in [0.1, 0.15) is 5.75 Å². The fourth-order valence-corrected chi connectivity index (χ4v) is 3.88.